The molecule has 0 amide bonds. The topological polar surface area (TPSA) is 111 Å². The molecule has 0 bridgehead atoms. The van der Waals surface area contributed by atoms with E-state index in [1.165, 1.54) is 29.3 Å². The highest BCUT2D eigenvalue weighted by Gasteiger charge is 2.17. The van der Waals surface area contributed by atoms with E-state index in [1.54, 1.807) is 16.9 Å². The predicted molar refractivity (Wildman–Crippen MR) is 77.8 cm³/mol. The number of hydrogen-bond acceptors (Lipinski definition) is 7. The Morgan fingerprint density at radius 2 is 2.38 bits per heavy atom. The quantitative estimate of drug-likeness (QED) is 0.470. The number of aryl methyl sites for hydroxylation is 1. The van der Waals surface area contributed by atoms with Crippen molar-refractivity contribution >= 4 is 34.9 Å². The molecule has 2 aromatic heterocycles. The molecule has 2 heterocycles. The van der Waals surface area contributed by atoms with Crippen molar-refractivity contribution in [3.05, 3.63) is 33.2 Å². The Kier molecular flexibility index (Phi) is 4.91. The van der Waals surface area contributed by atoms with Gasteiger partial charge in [-0.05, 0) is 4.92 Å². The van der Waals surface area contributed by atoms with E-state index in [1.807, 2.05) is 0 Å². The summed E-state index contributed by atoms with van der Waals surface area (Å²) in [5.41, 5.74) is 0.528. The zero-order chi connectivity index (χ0) is 15.4. The van der Waals surface area contributed by atoms with E-state index < -0.39 is 10.9 Å². The van der Waals surface area contributed by atoms with Crippen molar-refractivity contribution in [1.82, 2.24) is 14.5 Å². The Hall–Kier alpha value is -1.94. The molecule has 0 atom stereocenters. The maximum absolute atomic E-state index is 10.8. The molecule has 0 aromatic carbocycles. The lowest BCUT2D eigenvalue weighted by Crippen LogP contribution is -2.06. The zero-order valence-electron chi connectivity index (χ0n) is 11.1. The molecule has 0 aliphatic heterocycles. The van der Waals surface area contributed by atoms with Crippen LogP contribution in [0.5, 0.6) is 0 Å². The second-order valence-electron chi connectivity index (χ2n) is 4.10. The molecule has 10 heteroatoms. The summed E-state index contributed by atoms with van der Waals surface area (Å²) in [6, 6.07) is 0. The minimum atomic E-state index is -0.915. The molecule has 2 aromatic rings. The van der Waals surface area contributed by atoms with E-state index in [2.05, 4.69) is 9.97 Å². The summed E-state index contributed by atoms with van der Waals surface area (Å²) in [7, 11) is 0. The molecule has 0 fully saturated rings. The van der Waals surface area contributed by atoms with Crippen LogP contribution in [0.3, 0.4) is 0 Å². The predicted octanol–water partition coefficient (Wildman–Crippen LogP) is 1.98. The molecule has 112 valence electrons. The fourth-order valence-electron chi connectivity index (χ4n) is 1.69. The van der Waals surface area contributed by atoms with Crippen LogP contribution in [0.2, 0.25) is 0 Å². The van der Waals surface area contributed by atoms with E-state index in [-0.39, 0.29) is 12.2 Å². The van der Waals surface area contributed by atoms with Gasteiger partial charge >= 0.3 is 11.8 Å². The maximum atomic E-state index is 10.8. The first-order valence-electron chi connectivity index (χ1n) is 5.93. The van der Waals surface area contributed by atoms with E-state index in [0.29, 0.717) is 23.8 Å². The number of imidazole rings is 1. The molecule has 1 N–H and O–H groups in total. The standard InChI is InChI=1S/C11H12N4O4S2/c1-7-12-5-9(15(18)19)14(7)2-3-20-11-13-8(6-21-11)4-10(16)17/h5-6H,2-4H2,1H3,(H,16,17). The van der Waals surface area contributed by atoms with Crippen LogP contribution in [0.4, 0.5) is 5.82 Å². The van der Waals surface area contributed by atoms with Gasteiger partial charge in [-0.3, -0.25) is 4.79 Å². The number of thiazole rings is 1. The van der Waals surface area contributed by atoms with Gasteiger partial charge in [-0.15, -0.1) is 11.3 Å². The Balaban J connectivity index is 1.92. The summed E-state index contributed by atoms with van der Waals surface area (Å²) in [5.74, 6) is 0.242. The minimum Gasteiger partial charge on any atom is -0.481 e. The lowest BCUT2D eigenvalue weighted by atomic mass is 10.3. The van der Waals surface area contributed by atoms with Crippen LogP contribution < -0.4 is 0 Å². The van der Waals surface area contributed by atoms with Gasteiger partial charge in [0.25, 0.3) is 0 Å². The van der Waals surface area contributed by atoms with Crippen LogP contribution in [-0.4, -0.2) is 36.3 Å². The van der Waals surface area contributed by atoms with Gasteiger partial charge in [0.05, 0.1) is 12.1 Å². The summed E-state index contributed by atoms with van der Waals surface area (Å²) >= 11 is 2.81. The molecule has 8 nitrogen and oxygen atoms in total. The van der Waals surface area contributed by atoms with Gasteiger partial charge in [0.1, 0.15) is 17.1 Å². The summed E-state index contributed by atoms with van der Waals surface area (Å²) in [5, 5.41) is 21.2. The van der Waals surface area contributed by atoms with E-state index in [4.69, 9.17) is 5.11 Å². The lowest BCUT2D eigenvalue weighted by Gasteiger charge is -2.01. The zero-order valence-corrected chi connectivity index (χ0v) is 12.7. The highest BCUT2D eigenvalue weighted by Crippen LogP contribution is 2.24. The van der Waals surface area contributed by atoms with E-state index in [0.717, 1.165) is 4.34 Å². The molecule has 0 aliphatic carbocycles. The average molecular weight is 328 g/mol. The molecule has 0 saturated heterocycles. The van der Waals surface area contributed by atoms with Gasteiger partial charge in [0.2, 0.25) is 0 Å². The number of carboxylic acids is 1. The highest BCUT2D eigenvalue weighted by atomic mass is 32.2. The molecule has 2 rings (SSSR count). The number of rotatable bonds is 7. The lowest BCUT2D eigenvalue weighted by molar-refractivity contribution is -0.392. The monoisotopic (exact) mass is 328 g/mol. The normalized spacial score (nSPS) is 10.7. The maximum Gasteiger partial charge on any atom is 0.342 e. The third kappa shape index (κ3) is 4.02. The first kappa shape index (κ1) is 15.4. The van der Waals surface area contributed by atoms with Gasteiger partial charge in [-0.1, -0.05) is 11.8 Å². The number of nitrogens with zero attached hydrogens (tertiary/aromatic N) is 4. The van der Waals surface area contributed by atoms with Gasteiger partial charge in [0.15, 0.2) is 5.82 Å². The number of carboxylic acid groups (broad SMARTS) is 1. The Morgan fingerprint density at radius 1 is 1.62 bits per heavy atom. The highest BCUT2D eigenvalue weighted by molar-refractivity contribution is 8.00. The number of thioether (sulfide) groups is 1. The molecule has 0 radical (unpaired) electrons. The summed E-state index contributed by atoms with van der Waals surface area (Å²) in [6.07, 6.45) is 1.15. The van der Waals surface area contributed by atoms with Gasteiger partial charge in [-0.25, -0.2) is 14.5 Å². The molecular weight excluding hydrogens is 316 g/mol. The van der Waals surface area contributed by atoms with Gasteiger partial charge < -0.3 is 15.2 Å². The van der Waals surface area contributed by atoms with Crippen LogP contribution in [0.1, 0.15) is 11.5 Å². The summed E-state index contributed by atoms with van der Waals surface area (Å²) in [6.45, 7) is 2.16. The van der Waals surface area contributed by atoms with Gasteiger partial charge in [-0.2, -0.15) is 0 Å². The SMILES string of the molecule is Cc1ncc([N+](=O)[O-])n1CCSc1nc(CC(=O)O)cs1. The average Bonchev–Trinajstić information content (AvgIpc) is 2.97. The second kappa shape index (κ2) is 6.68. The number of aliphatic carboxylic acids is 1. The molecule has 0 unspecified atom stereocenters. The fourth-order valence-corrected chi connectivity index (χ4v) is 3.53. The Labute approximate surface area is 128 Å². The fraction of sp³-hybridized carbons (Fsp3) is 0.364. The Bertz CT molecular complexity index is 667. The Morgan fingerprint density at radius 3 is 3.05 bits per heavy atom. The smallest absolute Gasteiger partial charge is 0.342 e. The van der Waals surface area contributed by atoms with Crippen molar-refractivity contribution < 1.29 is 14.8 Å². The number of aromatic nitrogens is 3. The van der Waals surface area contributed by atoms with Gasteiger partial charge in [0, 0.05) is 18.1 Å². The third-order valence-corrected chi connectivity index (χ3v) is 4.67. The summed E-state index contributed by atoms with van der Waals surface area (Å²) in [4.78, 5) is 29.1. The van der Waals surface area contributed by atoms with E-state index in [9.17, 15) is 14.9 Å². The molecule has 0 spiro atoms. The van der Waals surface area contributed by atoms with Crippen molar-refractivity contribution in [1.29, 1.82) is 0 Å². The van der Waals surface area contributed by atoms with E-state index >= 15 is 0 Å². The van der Waals surface area contributed by atoms with Crippen molar-refractivity contribution in [3.63, 3.8) is 0 Å². The van der Waals surface area contributed by atoms with Crippen LogP contribution in [-0.2, 0) is 17.8 Å². The molecule has 0 saturated carbocycles. The minimum absolute atomic E-state index is 0.0289. The molecule has 0 aliphatic rings. The van der Waals surface area contributed by atoms with Crippen molar-refractivity contribution in [2.75, 3.05) is 5.75 Å². The first-order chi connectivity index (χ1) is 9.97. The van der Waals surface area contributed by atoms with Crippen LogP contribution in [0.15, 0.2) is 15.9 Å². The largest absolute Gasteiger partial charge is 0.481 e. The van der Waals surface area contributed by atoms with Crippen molar-refractivity contribution in [2.45, 2.75) is 24.2 Å². The van der Waals surface area contributed by atoms with Crippen molar-refractivity contribution in [3.8, 4) is 0 Å². The van der Waals surface area contributed by atoms with Crippen molar-refractivity contribution in [2.24, 2.45) is 0 Å². The molecular formula is C11H12N4O4S2. The van der Waals surface area contributed by atoms with Crippen LogP contribution in [0.25, 0.3) is 0 Å². The number of hydrogen-bond donors (Lipinski definition) is 1. The van der Waals surface area contributed by atoms with Crippen LogP contribution in [0, 0.1) is 17.0 Å². The number of carbonyl (C=O) groups is 1. The first-order valence-corrected chi connectivity index (χ1v) is 7.79. The summed E-state index contributed by atoms with van der Waals surface area (Å²) < 4.78 is 2.30. The second-order valence-corrected chi connectivity index (χ2v) is 6.30. The number of nitro groups is 1. The van der Waals surface area contributed by atoms with Crippen LogP contribution >= 0.6 is 23.1 Å². The third-order valence-electron chi connectivity index (χ3n) is 2.62. The molecule has 21 heavy (non-hydrogen) atoms.